The van der Waals surface area contributed by atoms with E-state index in [1.807, 2.05) is 0 Å². The molecule has 1 saturated carbocycles. The summed E-state index contributed by atoms with van der Waals surface area (Å²) in [5.74, 6) is 0. The highest BCUT2D eigenvalue weighted by Crippen LogP contribution is 2.25. The molecule has 2 fully saturated rings. The third-order valence-electron chi connectivity index (χ3n) is 4.83. The van der Waals surface area contributed by atoms with E-state index in [0.29, 0.717) is 18.1 Å². The van der Waals surface area contributed by atoms with Gasteiger partial charge in [-0.05, 0) is 39.0 Å². The van der Waals surface area contributed by atoms with Gasteiger partial charge in [-0.1, -0.05) is 19.8 Å². The Bertz CT molecular complexity index is 239. The third kappa shape index (κ3) is 3.69. The number of piperidine rings is 1. The predicted octanol–water partition coefficient (Wildman–Crippen LogP) is 2.14. The second-order valence-corrected chi connectivity index (χ2v) is 6.21. The van der Waals surface area contributed by atoms with Gasteiger partial charge in [0.2, 0.25) is 0 Å². The first-order chi connectivity index (χ1) is 8.70. The van der Waals surface area contributed by atoms with Crippen molar-refractivity contribution in [2.45, 2.75) is 83.0 Å². The molecule has 1 heterocycles. The van der Waals surface area contributed by atoms with E-state index >= 15 is 0 Å². The number of likely N-dealkylation sites (tertiary alicyclic amines) is 1. The lowest BCUT2D eigenvalue weighted by atomic mass is 9.89. The molecule has 3 heteroatoms. The Kier molecular flexibility index (Phi) is 5.46. The van der Waals surface area contributed by atoms with Crippen LogP contribution in [0.1, 0.15) is 58.8 Å². The molecule has 1 aliphatic carbocycles. The van der Waals surface area contributed by atoms with Crippen molar-refractivity contribution < 1.29 is 5.11 Å². The standard InChI is InChI=1S/C15H30N2O/c1-3-12(2)16-13-8-10-17(11-9-13)14-6-4-5-7-15(14)18/h12-16,18H,3-11H2,1-2H3. The fourth-order valence-electron chi connectivity index (χ4n) is 3.44. The monoisotopic (exact) mass is 254 g/mol. The number of aliphatic hydroxyl groups excluding tert-OH is 1. The fraction of sp³-hybridized carbons (Fsp3) is 1.00. The average Bonchev–Trinajstić information content (AvgIpc) is 2.40. The zero-order valence-electron chi connectivity index (χ0n) is 12.1. The first kappa shape index (κ1) is 14.3. The Morgan fingerprint density at radius 3 is 2.44 bits per heavy atom. The van der Waals surface area contributed by atoms with Crippen LogP contribution < -0.4 is 5.32 Å². The van der Waals surface area contributed by atoms with Crippen molar-refractivity contribution in [2.24, 2.45) is 0 Å². The van der Waals surface area contributed by atoms with Crippen LogP contribution in [0.3, 0.4) is 0 Å². The van der Waals surface area contributed by atoms with Crippen LogP contribution in [0.25, 0.3) is 0 Å². The van der Waals surface area contributed by atoms with Gasteiger partial charge in [0.25, 0.3) is 0 Å². The largest absolute Gasteiger partial charge is 0.391 e. The maximum absolute atomic E-state index is 10.1. The Balaban J connectivity index is 1.75. The maximum atomic E-state index is 10.1. The van der Waals surface area contributed by atoms with E-state index in [1.54, 1.807) is 0 Å². The zero-order chi connectivity index (χ0) is 13.0. The molecule has 0 bridgehead atoms. The maximum Gasteiger partial charge on any atom is 0.0695 e. The second-order valence-electron chi connectivity index (χ2n) is 6.21. The summed E-state index contributed by atoms with van der Waals surface area (Å²) in [5, 5.41) is 13.8. The minimum atomic E-state index is -0.0715. The second kappa shape index (κ2) is 6.88. The van der Waals surface area contributed by atoms with E-state index in [1.165, 1.54) is 38.5 Å². The highest BCUT2D eigenvalue weighted by Gasteiger charge is 2.31. The lowest BCUT2D eigenvalue weighted by molar-refractivity contribution is 0.00670. The van der Waals surface area contributed by atoms with Gasteiger partial charge < -0.3 is 10.4 Å². The molecular formula is C15H30N2O. The Morgan fingerprint density at radius 2 is 1.83 bits per heavy atom. The van der Waals surface area contributed by atoms with Crippen LogP contribution in [-0.4, -0.2) is 47.3 Å². The van der Waals surface area contributed by atoms with Gasteiger partial charge in [-0.25, -0.2) is 0 Å². The summed E-state index contributed by atoms with van der Waals surface area (Å²) in [6, 6.07) is 1.78. The van der Waals surface area contributed by atoms with Crippen molar-refractivity contribution in [3.8, 4) is 0 Å². The van der Waals surface area contributed by atoms with Crippen molar-refractivity contribution in [3.05, 3.63) is 0 Å². The lowest BCUT2D eigenvalue weighted by Gasteiger charge is -2.42. The van der Waals surface area contributed by atoms with Crippen LogP contribution in [0.5, 0.6) is 0 Å². The van der Waals surface area contributed by atoms with Crippen molar-refractivity contribution in [2.75, 3.05) is 13.1 Å². The number of hydrogen-bond acceptors (Lipinski definition) is 3. The molecule has 1 aliphatic heterocycles. The molecule has 1 saturated heterocycles. The number of nitrogens with zero attached hydrogens (tertiary/aromatic N) is 1. The van der Waals surface area contributed by atoms with Gasteiger partial charge in [-0.2, -0.15) is 0 Å². The Hall–Kier alpha value is -0.120. The van der Waals surface area contributed by atoms with Gasteiger partial charge in [0.1, 0.15) is 0 Å². The van der Waals surface area contributed by atoms with Crippen LogP contribution in [0.15, 0.2) is 0 Å². The van der Waals surface area contributed by atoms with Gasteiger partial charge in [0.05, 0.1) is 6.10 Å². The summed E-state index contributed by atoms with van der Waals surface area (Å²) in [6.07, 6.45) is 8.34. The molecule has 3 unspecified atom stereocenters. The summed E-state index contributed by atoms with van der Waals surface area (Å²) in [6.45, 7) is 6.84. The Morgan fingerprint density at radius 1 is 1.17 bits per heavy atom. The van der Waals surface area contributed by atoms with Crippen molar-refractivity contribution in [1.82, 2.24) is 10.2 Å². The smallest absolute Gasteiger partial charge is 0.0695 e. The number of aliphatic hydroxyl groups is 1. The molecule has 0 aromatic heterocycles. The lowest BCUT2D eigenvalue weighted by Crippen LogP contribution is -2.52. The normalized spacial score (nSPS) is 33.5. The molecule has 0 aromatic rings. The molecule has 2 aliphatic rings. The first-order valence-electron chi connectivity index (χ1n) is 7.89. The van der Waals surface area contributed by atoms with Crippen LogP contribution in [0.4, 0.5) is 0 Å². The summed E-state index contributed by atoms with van der Waals surface area (Å²) >= 11 is 0. The molecular weight excluding hydrogens is 224 g/mol. The average molecular weight is 254 g/mol. The van der Waals surface area contributed by atoms with Gasteiger partial charge in [-0.3, -0.25) is 4.90 Å². The van der Waals surface area contributed by atoms with Gasteiger partial charge in [0.15, 0.2) is 0 Å². The predicted molar refractivity (Wildman–Crippen MR) is 75.7 cm³/mol. The molecule has 3 atom stereocenters. The van der Waals surface area contributed by atoms with Crippen LogP contribution in [-0.2, 0) is 0 Å². The zero-order valence-corrected chi connectivity index (χ0v) is 12.1. The minimum absolute atomic E-state index is 0.0715. The first-order valence-corrected chi connectivity index (χ1v) is 7.89. The Labute approximate surface area is 112 Å². The van der Waals surface area contributed by atoms with E-state index < -0.39 is 0 Å². The van der Waals surface area contributed by atoms with Gasteiger partial charge in [0, 0.05) is 31.2 Å². The molecule has 0 aromatic carbocycles. The molecule has 18 heavy (non-hydrogen) atoms. The van der Waals surface area contributed by atoms with E-state index in [0.717, 1.165) is 19.5 Å². The summed E-state index contributed by atoms with van der Waals surface area (Å²) in [7, 11) is 0. The van der Waals surface area contributed by atoms with Crippen LogP contribution >= 0.6 is 0 Å². The molecule has 0 radical (unpaired) electrons. The van der Waals surface area contributed by atoms with Crippen molar-refractivity contribution in [1.29, 1.82) is 0 Å². The number of nitrogens with one attached hydrogen (secondary N) is 1. The molecule has 106 valence electrons. The fourth-order valence-corrected chi connectivity index (χ4v) is 3.44. The molecule has 0 spiro atoms. The van der Waals surface area contributed by atoms with E-state index in [2.05, 4.69) is 24.1 Å². The highest BCUT2D eigenvalue weighted by atomic mass is 16.3. The minimum Gasteiger partial charge on any atom is -0.391 e. The molecule has 2 rings (SSSR count). The molecule has 2 N–H and O–H groups in total. The summed E-state index contributed by atoms with van der Waals surface area (Å²) in [5.41, 5.74) is 0. The third-order valence-corrected chi connectivity index (χ3v) is 4.83. The van der Waals surface area contributed by atoms with E-state index in [9.17, 15) is 5.11 Å². The van der Waals surface area contributed by atoms with Crippen molar-refractivity contribution >= 4 is 0 Å². The van der Waals surface area contributed by atoms with Crippen LogP contribution in [0, 0.1) is 0 Å². The van der Waals surface area contributed by atoms with E-state index in [4.69, 9.17) is 0 Å². The van der Waals surface area contributed by atoms with Gasteiger partial charge in [-0.15, -0.1) is 0 Å². The number of hydrogen-bond donors (Lipinski definition) is 2. The van der Waals surface area contributed by atoms with E-state index in [-0.39, 0.29) is 6.10 Å². The molecule has 3 nitrogen and oxygen atoms in total. The highest BCUT2D eigenvalue weighted by molar-refractivity contribution is 4.87. The summed E-state index contributed by atoms with van der Waals surface area (Å²) in [4.78, 5) is 2.54. The quantitative estimate of drug-likeness (QED) is 0.807. The van der Waals surface area contributed by atoms with Crippen LogP contribution in [0.2, 0.25) is 0 Å². The van der Waals surface area contributed by atoms with Crippen molar-refractivity contribution in [3.63, 3.8) is 0 Å². The SMILES string of the molecule is CCC(C)NC1CCN(C2CCCCC2O)CC1. The van der Waals surface area contributed by atoms with Gasteiger partial charge >= 0.3 is 0 Å². The topological polar surface area (TPSA) is 35.5 Å². The number of rotatable bonds is 4. The summed E-state index contributed by atoms with van der Waals surface area (Å²) < 4.78 is 0. The molecule has 0 amide bonds.